The monoisotopic (exact) mass is 458 g/mol. The second-order valence-electron chi connectivity index (χ2n) is 8.23. The molecule has 0 aliphatic carbocycles. The molecule has 174 valence electrons. The van der Waals surface area contributed by atoms with Gasteiger partial charge in [-0.3, -0.25) is 8.37 Å². The Morgan fingerprint density at radius 1 is 0.759 bits per heavy atom. The Bertz CT molecular complexity index is 629. The van der Waals surface area contributed by atoms with E-state index in [4.69, 9.17) is 17.8 Å². The van der Waals surface area contributed by atoms with Gasteiger partial charge in [0, 0.05) is 0 Å². The fourth-order valence-electron chi connectivity index (χ4n) is 3.57. The van der Waals surface area contributed by atoms with Crippen LogP contribution in [0.5, 0.6) is 0 Å². The van der Waals surface area contributed by atoms with Crippen LogP contribution >= 0.6 is 0 Å². The lowest BCUT2D eigenvalue weighted by molar-refractivity contribution is -0.158. The molecule has 0 amide bonds. The molecule has 29 heavy (non-hydrogen) atoms. The number of rotatable bonds is 14. The van der Waals surface area contributed by atoms with Gasteiger partial charge in [-0.25, -0.2) is 0 Å². The van der Waals surface area contributed by atoms with Gasteiger partial charge < -0.3 is 9.47 Å². The molecule has 1 saturated heterocycles. The first kappa shape index (κ1) is 26.8. The summed E-state index contributed by atoms with van der Waals surface area (Å²) in [6.07, 6.45) is 5.16. The van der Waals surface area contributed by atoms with Crippen molar-refractivity contribution in [3.05, 3.63) is 0 Å². The van der Waals surface area contributed by atoms with Gasteiger partial charge in [0.2, 0.25) is 0 Å². The molecule has 0 aromatic rings. The predicted octanol–water partition coefficient (Wildman–Crippen LogP) is 3.36. The van der Waals surface area contributed by atoms with Gasteiger partial charge in [-0.1, -0.05) is 52.4 Å². The molecule has 1 fully saturated rings. The Morgan fingerprint density at radius 3 is 1.38 bits per heavy atom. The quantitative estimate of drug-likeness (QED) is 0.288. The van der Waals surface area contributed by atoms with E-state index in [2.05, 4.69) is 13.8 Å². The minimum atomic E-state index is -3.73. The first-order valence-electron chi connectivity index (χ1n) is 10.4. The predicted molar refractivity (Wildman–Crippen MR) is 112 cm³/mol. The lowest BCUT2D eigenvalue weighted by Crippen LogP contribution is -2.45. The summed E-state index contributed by atoms with van der Waals surface area (Å²) in [6, 6.07) is 0. The molecule has 1 aliphatic heterocycles. The zero-order valence-corrected chi connectivity index (χ0v) is 20.2. The van der Waals surface area contributed by atoms with Crippen molar-refractivity contribution in [1.82, 2.24) is 0 Å². The first-order valence-corrected chi connectivity index (χ1v) is 14.0. The van der Waals surface area contributed by atoms with Gasteiger partial charge in [0.25, 0.3) is 20.2 Å². The van der Waals surface area contributed by atoms with Crippen molar-refractivity contribution < 1.29 is 34.7 Å². The van der Waals surface area contributed by atoms with Crippen LogP contribution < -0.4 is 0 Å². The minimum absolute atomic E-state index is 0.460. The molecular weight excluding hydrogens is 420 g/mol. The molecule has 0 saturated carbocycles. The molecule has 0 spiro atoms. The van der Waals surface area contributed by atoms with E-state index in [1.165, 1.54) is 0 Å². The average Bonchev–Trinajstić information content (AvgIpc) is 2.87. The summed E-state index contributed by atoms with van der Waals surface area (Å²) in [4.78, 5) is 0. The van der Waals surface area contributed by atoms with E-state index < -0.39 is 50.4 Å². The van der Waals surface area contributed by atoms with Gasteiger partial charge in [0.05, 0.1) is 12.5 Å². The van der Waals surface area contributed by atoms with Crippen LogP contribution in [0.1, 0.15) is 79.1 Å². The molecule has 1 rings (SSSR count). The molecule has 1 aliphatic rings. The Kier molecular flexibility index (Phi) is 10.5. The molecule has 0 unspecified atom stereocenters. The molecule has 0 radical (unpaired) electrons. The van der Waals surface area contributed by atoms with Crippen molar-refractivity contribution in [2.75, 3.05) is 12.5 Å². The van der Waals surface area contributed by atoms with Crippen LogP contribution in [0.25, 0.3) is 0 Å². The second-order valence-corrected chi connectivity index (χ2v) is 11.4. The Labute approximate surface area is 176 Å². The third-order valence-corrected chi connectivity index (χ3v) is 5.87. The van der Waals surface area contributed by atoms with Crippen molar-refractivity contribution in [2.45, 2.75) is 109 Å². The van der Waals surface area contributed by atoms with Crippen molar-refractivity contribution in [3.8, 4) is 0 Å². The van der Waals surface area contributed by atoms with Crippen molar-refractivity contribution in [1.29, 1.82) is 0 Å². The summed E-state index contributed by atoms with van der Waals surface area (Å²) in [5.74, 6) is -1.01. The summed E-state index contributed by atoms with van der Waals surface area (Å²) < 4.78 is 70.2. The van der Waals surface area contributed by atoms with Gasteiger partial charge in [-0.15, -0.1) is 0 Å². The molecule has 0 aromatic carbocycles. The van der Waals surface area contributed by atoms with E-state index in [1.54, 1.807) is 13.8 Å². The Balaban J connectivity index is 3.17. The lowest BCUT2D eigenvalue weighted by Gasteiger charge is -2.30. The van der Waals surface area contributed by atoms with Crippen LogP contribution in [0.2, 0.25) is 0 Å². The zero-order chi connectivity index (χ0) is 22.3. The highest BCUT2D eigenvalue weighted by Gasteiger charge is 2.50. The molecule has 0 aromatic heterocycles. The maximum absolute atomic E-state index is 11.9. The number of ether oxygens (including phenoxy) is 2. The topological polar surface area (TPSA) is 105 Å². The SMILES string of the molecule is CCCCC[C@@H](OS(C)(=O)=O)[C@H]1OC(C)(C)O[C@@H]1[C@@H](CCCCC)OS(C)(=O)=O. The zero-order valence-electron chi connectivity index (χ0n) is 18.5. The van der Waals surface area contributed by atoms with Gasteiger partial charge in [-0.2, -0.15) is 16.8 Å². The van der Waals surface area contributed by atoms with E-state index >= 15 is 0 Å². The Hall–Kier alpha value is -0.260. The highest BCUT2D eigenvalue weighted by molar-refractivity contribution is 7.86. The molecule has 4 atom stereocenters. The van der Waals surface area contributed by atoms with E-state index in [1.807, 2.05) is 0 Å². The molecule has 1 heterocycles. The number of hydrogen-bond donors (Lipinski definition) is 0. The van der Waals surface area contributed by atoms with Crippen LogP contribution in [0.15, 0.2) is 0 Å². The van der Waals surface area contributed by atoms with Gasteiger partial charge in [0.15, 0.2) is 5.79 Å². The van der Waals surface area contributed by atoms with Gasteiger partial charge in [-0.05, 0) is 26.7 Å². The highest BCUT2D eigenvalue weighted by atomic mass is 32.2. The highest BCUT2D eigenvalue weighted by Crippen LogP contribution is 2.37. The molecule has 0 N–H and O–H groups in total. The summed E-state index contributed by atoms with van der Waals surface area (Å²) in [6.45, 7) is 7.54. The van der Waals surface area contributed by atoms with E-state index in [0.29, 0.717) is 12.8 Å². The van der Waals surface area contributed by atoms with E-state index in [9.17, 15) is 16.8 Å². The summed E-state index contributed by atoms with van der Waals surface area (Å²) in [5, 5.41) is 0. The average molecular weight is 459 g/mol. The summed E-state index contributed by atoms with van der Waals surface area (Å²) in [7, 11) is -7.47. The van der Waals surface area contributed by atoms with Gasteiger partial charge >= 0.3 is 0 Å². The molecular formula is C19H38O8S2. The van der Waals surface area contributed by atoms with Crippen LogP contribution in [0, 0.1) is 0 Å². The van der Waals surface area contributed by atoms with Crippen molar-refractivity contribution in [3.63, 3.8) is 0 Å². The lowest BCUT2D eigenvalue weighted by atomic mass is 9.96. The maximum atomic E-state index is 11.9. The largest absolute Gasteiger partial charge is 0.342 e. The summed E-state index contributed by atoms with van der Waals surface area (Å²) in [5.41, 5.74) is 0. The summed E-state index contributed by atoms with van der Waals surface area (Å²) >= 11 is 0. The third kappa shape index (κ3) is 10.5. The Morgan fingerprint density at radius 2 is 1.10 bits per heavy atom. The van der Waals surface area contributed by atoms with Gasteiger partial charge in [0.1, 0.15) is 24.4 Å². The number of hydrogen-bond acceptors (Lipinski definition) is 8. The van der Waals surface area contributed by atoms with Crippen LogP contribution in [-0.2, 0) is 38.1 Å². The van der Waals surface area contributed by atoms with Crippen LogP contribution in [0.4, 0.5) is 0 Å². The normalized spacial score (nSPS) is 24.5. The van der Waals surface area contributed by atoms with Crippen molar-refractivity contribution in [2.24, 2.45) is 0 Å². The number of unbranched alkanes of at least 4 members (excludes halogenated alkanes) is 4. The second kappa shape index (κ2) is 11.4. The smallest absolute Gasteiger partial charge is 0.264 e. The van der Waals surface area contributed by atoms with E-state index in [0.717, 1.165) is 51.0 Å². The third-order valence-electron chi connectivity index (χ3n) is 4.68. The molecule has 0 bridgehead atoms. The molecule has 10 heteroatoms. The fraction of sp³-hybridized carbons (Fsp3) is 1.00. The fourth-order valence-corrected chi connectivity index (χ4v) is 4.88. The standard InChI is InChI=1S/C19H38O8S2/c1-7-9-11-13-15(26-28(5,20)21)17-18(25-19(3,4)24-17)16(14-12-10-8-2)27-29(6,22)23/h15-18H,7-14H2,1-6H3/t15-,16-,17-,18-/m1/s1. The maximum Gasteiger partial charge on any atom is 0.264 e. The molecule has 8 nitrogen and oxygen atoms in total. The van der Waals surface area contributed by atoms with E-state index in [-0.39, 0.29) is 0 Å². The van der Waals surface area contributed by atoms with Crippen LogP contribution in [-0.4, -0.2) is 59.6 Å². The van der Waals surface area contributed by atoms with Crippen LogP contribution in [0.3, 0.4) is 0 Å². The van der Waals surface area contributed by atoms with Crippen molar-refractivity contribution >= 4 is 20.2 Å². The minimum Gasteiger partial charge on any atom is -0.342 e. The first-order chi connectivity index (χ1) is 13.3.